The molecule has 1 aliphatic rings. The largest absolute Gasteiger partial charge is 0.414 e. The number of nitrogens with zero attached hydrogens (tertiary/aromatic N) is 1. The van der Waals surface area contributed by atoms with Crippen molar-refractivity contribution in [1.82, 2.24) is 4.90 Å². The van der Waals surface area contributed by atoms with Crippen LogP contribution in [0.15, 0.2) is 24.3 Å². The monoisotopic (exact) mass is 321 g/mol. The van der Waals surface area contributed by atoms with Gasteiger partial charge in [-0.25, -0.2) is 0 Å². The predicted molar refractivity (Wildman–Crippen MR) is 72.1 cm³/mol. The summed E-state index contributed by atoms with van der Waals surface area (Å²) in [4.78, 5) is 13.7. The Morgan fingerprint density at radius 2 is 1.86 bits per heavy atom. The molecule has 1 saturated heterocycles. The molecule has 1 amide bonds. The average Bonchev–Trinajstić information content (AvgIpc) is 2.45. The van der Waals surface area contributed by atoms with Crippen molar-refractivity contribution in [3.8, 4) is 0 Å². The number of carbonyl (C=O) groups excluding carboxylic acids is 1. The van der Waals surface area contributed by atoms with E-state index in [1.807, 2.05) is 0 Å². The number of hydrogen-bond donors (Lipinski definition) is 1. The molecule has 1 unspecified atom stereocenters. The Bertz CT molecular complexity index is 513. The summed E-state index contributed by atoms with van der Waals surface area (Å²) in [5.41, 5.74) is 0.342. The van der Waals surface area contributed by atoms with Crippen molar-refractivity contribution >= 4 is 17.5 Å². The maximum absolute atomic E-state index is 12.5. The Balaban J connectivity index is 1.98. The van der Waals surface area contributed by atoms with E-state index >= 15 is 0 Å². The number of alkyl halides is 3. The Labute approximate surface area is 125 Å². The molecule has 0 spiro atoms. The molecule has 7 heteroatoms. The van der Waals surface area contributed by atoms with Crippen molar-refractivity contribution in [2.45, 2.75) is 25.1 Å². The van der Waals surface area contributed by atoms with Gasteiger partial charge in [-0.2, -0.15) is 13.2 Å². The fourth-order valence-corrected chi connectivity index (χ4v) is 2.71. The van der Waals surface area contributed by atoms with Gasteiger partial charge in [-0.1, -0.05) is 23.7 Å². The van der Waals surface area contributed by atoms with Gasteiger partial charge < -0.3 is 10.0 Å². The number of piperidine rings is 1. The summed E-state index contributed by atoms with van der Waals surface area (Å²) in [6.07, 6.45) is -6.69. The zero-order valence-electron chi connectivity index (χ0n) is 11.1. The van der Waals surface area contributed by atoms with Crippen LogP contribution in [0.5, 0.6) is 0 Å². The lowest BCUT2D eigenvalue weighted by Crippen LogP contribution is -2.45. The molecule has 0 aromatic heterocycles. The molecule has 3 nitrogen and oxygen atoms in total. The molecule has 1 fully saturated rings. The lowest BCUT2D eigenvalue weighted by atomic mass is 9.90. The van der Waals surface area contributed by atoms with Gasteiger partial charge in [-0.05, 0) is 30.9 Å². The van der Waals surface area contributed by atoms with E-state index in [4.69, 9.17) is 11.6 Å². The van der Waals surface area contributed by atoms with Crippen LogP contribution < -0.4 is 0 Å². The van der Waals surface area contributed by atoms with E-state index in [-0.39, 0.29) is 31.8 Å². The Morgan fingerprint density at radius 3 is 2.38 bits per heavy atom. The third-order valence-electron chi connectivity index (χ3n) is 3.71. The molecule has 0 aliphatic carbocycles. The number of amides is 1. The molecule has 1 atom stereocenters. The van der Waals surface area contributed by atoms with E-state index < -0.39 is 18.2 Å². The Morgan fingerprint density at radius 1 is 1.29 bits per heavy atom. The summed E-state index contributed by atoms with van der Waals surface area (Å²) >= 11 is 5.94. The molecule has 1 aliphatic heterocycles. The smallest absolute Gasteiger partial charge is 0.383 e. The van der Waals surface area contributed by atoms with Crippen LogP contribution in [0, 0.1) is 5.92 Å². The quantitative estimate of drug-likeness (QED) is 0.909. The van der Waals surface area contributed by atoms with Gasteiger partial charge in [-0.15, -0.1) is 0 Å². The van der Waals surface area contributed by atoms with Crippen molar-refractivity contribution < 1.29 is 23.1 Å². The zero-order chi connectivity index (χ0) is 15.6. The minimum atomic E-state index is -4.61. The SMILES string of the molecule is O=C(c1ccccc1Cl)N1CCC(C(O)C(F)(F)F)CC1. The lowest BCUT2D eigenvalue weighted by Gasteiger charge is -2.34. The number of carbonyl (C=O) groups is 1. The van der Waals surface area contributed by atoms with Crippen LogP contribution in [0.3, 0.4) is 0 Å². The van der Waals surface area contributed by atoms with Crippen LogP contribution in [0.25, 0.3) is 0 Å². The number of rotatable bonds is 2. The fourth-order valence-electron chi connectivity index (χ4n) is 2.49. The highest BCUT2D eigenvalue weighted by molar-refractivity contribution is 6.33. The second kappa shape index (κ2) is 6.23. The fraction of sp³-hybridized carbons (Fsp3) is 0.500. The average molecular weight is 322 g/mol. The first-order chi connectivity index (χ1) is 9.80. The minimum Gasteiger partial charge on any atom is -0.383 e. The maximum atomic E-state index is 12.5. The van der Waals surface area contributed by atoms with E-state index in [9.17, 15) is 23.1 Å². The molecule has 1 N–H and O–H groups in total. The van der Waals surface area contributed by atoms with E-state index in [0.717, 1.165) is 0 Å². The number of halogens is 4. The molecule has 0 saturated carbocycles. The summed E-state index contributed by atoms with van der Waals surface area (Å²) in [5.74, 6) is -1.15. The van der Waals surface area contributed by atoms with Crippen molar-refractivity contribution in [2.24, 2.45) is 5.92 Å². The van der Waals surface area contributed by atoms with E-state index in [1.165, 1.54) is 4.90 Å². The molecular formula is C14H15ClF3NO2. The number of aliphatic hydroxyl groups is 1. The summed E-state index contributed by atoms with van der Waals surface area (Å²) < 4.78 is 37.4. The molecule has 0 bridgehead atoms. The number of likely N-dealkylation sites (tertiary alicyclic amines) is 1. The molecule has 2 rings (SSSR count). The van der Waals surface area contributed by atoms with Crippen molar-refractivity contribution in [3.63, 3.8) is 0 Å². The van der Waals surface area contributed by atoms with Gasteiger partial charge in [0.2, 0.25) is 0 Å². The van der Waals surface area contributed by atoms with Gasteiger partial charge in [0.25, 0.3) is 5.91 Å². The van der Waals surface area contributed by atoms with Gasteiger partial charge in [0.1, 0.15) is 0 Å². The van der Waals surface area contributed by atoms with E-state index in [1.54, 1.807) is 24.3 Å². The predicted octanol–water partition coefficient (Wildman–Crippen LogP) is 3.12. The Hall–Kier alpha value is -1.27. The zero-order valence-corrected chi connectivity index (χ0v) is 11.9. The van der Waals surface area contributed by atoms with Gasteiger partial charge in [0.05, 0.1) is 10.6 Å². The summed E-state index contributed by atoms with van der Waals surface area (Å²) in [5, 5.41) is 9.57. The molecule has 1 aromatic rings. The van der Waals surface area contributed by atoms with Gasteiger partial charge in [-0.3, -0.25) is 4.79 Å². The van der Waals surface area contributed by atoms with Crippen LogP contribution in [0.2, 0.25) is 5.02 Å². The first-order valence-corrected chi connectivity index (χ1v) is 6.97. The second-order valence-electron chi connectivity index (χ2n) is 5.10. The van der Waals surface area contributed by atoms with E-state index in [0.29, 0.717) is 10.6 Å². The van der Waals surface area contributed by atoms with Gasteiger partial charge >= 0.3 is 6.18 Å². The third kappa shape index (κ3) is 3.68. The number of benzene rings is 1. The van der Waals surface area contributed by atoms with Crippen molar-refractivity contribution in [3.05, 3.63) is 34.9 Å². The van der Waals surface area contributed by atoms with Crippen LogP contribution >= 0.6 is 11.6 Å². The molecule has 0 radical (unpaired) electrons. The highest BCUT2D eigenvalue weighted by Crippen LogP contribution is 2.32. The van der Waals surface area contributed by atoms with E-state index in [2.05, 4.69) is 0 Å². The first-order valence-electron chi connectivity index (χ1n) is 6.59. The summed E-state index contributed by atoms with van der Waals surface area (Å²) in [6, 6.07) is 6.56. The lowest BCUT2D eigenvalue weighted by molar-refractivity contribution is -0.222. The molecule has 1 aromatic carbocycles. The summed E-state index contributed by atoms with van der Waals surface area (Å²) in [7, 11) is 0. The van der Waals surface area contributed by atoms with Crippen molar-refractivity contribution in [2.75, 3.05) is 13.1 Å². The first kappa shape index (κ1) is 16.1. The second-order valence-corrected chi connectivity index (χ2v) is 5.50. The number of aliphatic hydroxyl groups excluding tert-OH is 1. The van der Waals surface area contributed by atoms with Gasteiger partial charge in [0, 0.05) is 13.1 Å². The minimum absolute atomic E-state index is 0.122. The van der Waals surface area contributed by atoms with Crippen LogP contribution in [0.4, 0.5) is 13.2 Å². The molecule has 21 heavy (non-hydrogen) atoms. The summed E-state index contributed by atoms with van der Waals surface area (Å²) in [6.45, 7) is 0.365. The Kier molecular flexibility index (Phi) is 4.78. The van der Waals surface area contributed by atoms with Crippen LogP contribution in [-0.2, 0) is 0 Å². The van der Waals surface area contributed by atoms with Crippen LogP contribution in [0.1, 0.15) is 23.2 Å². The van der Waals surface area contributed by atoms with Gasteiger partial charge in [0.15, 0.2) is 6.10 Å². The van der Waals surface area contributed by atoms with Crippen molar-refractivity contribution in [1.29, 1.82) is 0 Å². The topological polar surface area (TPSA) is 40.5 Å². The molecule has 1 heterocycles. The highest BCUT2D eigenvalue weighted by Gasteiger charge is 2.44. The number of hydrogen-bond acceptors (Lipinski definition) is 2. The maximum Gasteiger partial charge on any atom is 0.414 e. The standard InChI is InChI=1S/C14H15ClF3NO2/c15-11-4-2-1-3-10(11)13(21)19-7-5-9(6-8-19)12(20)14(16,17)18/h1-4,9,12,20H,5-8H2. The van der Waals surface area contributed by atoms with Crippen LogP contribution in [-0.4, -0.2) is 41.3 Å². The molecule has 116 valence electrons. The third-order valence-corrected chi connectivity index (χ3v) is 4.04. The normalized spacial score (nSPS) is 18.6. The molecular weight excluding hydrogens is 307 g/mol. The highest BCUT2D eigenvalue weighted by atomic mass is 35.5.